The Morgan fingerprint density at radius 3 is 2.60 bits per heavy atom. The smallest absolute Gasteiger partial charge is 0.306 e. The van der Waals surface area contributed by atoms with E-state index < -0.39 is 21.9 Å². The van der Waals surface area contributed by atoms with Crippen LogP contribution in [0.5, 0.6) is 0 Å². The molecule has 1 saturated heterocycles. The summed E-state index contributed by atoms with van der Waals surface area (Å²) in [5.41, 5.74) is 1.02. The molecule has 0 radical (unpaired) electrons. The van der Waals surface area contributed by atoms with E-state index >= 15 is 0 Å². The van der Waals surface area contributed by atoms with Crippen LogP contribution in [-0.4, -0.2) is 49.9 Å². The van der Waals surface area contributed by atoms with Gasteiger partial charge in [-0.2, -0.15) is 0 Å². The van der Waals surface area contributed by atoms with Gasteiger partial charge in [0.2, 0.25) is 10.0 Å². The maximum Gasteiger partial charge on any atom is 0.306 e. The second-order valence-corrected chi connectivity index (χ2v) is 8.21. The van der Waals surface area contributed by atoms with E-state index in [2.05, 4.69) is 4.72 Å². The molecule has 0 aromatic heterocycles. The fraction of sp³-hybridized carbons (Fsp3) is 0.529. The van der Waals surface area contributed by atoms with Gasteiger partial charge in [0.15, 0.2) is 0 Å². The zero-order valence-electron chi connectivity index (χ0n) is 14.7. The van der Waals surface area contributed by atoms with Crippen LogP contribution in [0.1, 0.15) is 36.2 Å². The monoisotopic (exact) mass is 368 g/mol. The van der Waals surface area contributed by atoms with Gasteiger partial charge in [0, 0.05) is 25.2 Å². The summed E-state index contributed by atoms with van der Waals surface area (Å²) in [6.45, 7) is 6.22. The minimum Gasteiger partial charge on any atom is -0.481 e. The van der Waals surface area contributed by atoms with Gasteiger partial charge in [-0.25, -0.2) is 13.1 Å². The Morgan fingerprint density at radius 2 is 2.04 bits per heavy atom. The summed E-state index contributed by atoms with van der Waals surface area (Å²) < 4.78 is 26.7. The summed E-state index contributed by atoms with van der Waals surface area (Å²) in [6, 6.07) is 4.48. The van der Waals surface area contributed by atoms with Crippen LogP contribution in [-0.2, 0) is 14.8 Å². The molecule has 1 aromatic carbocycles. The molecule has 1 heterocycles. The first kappa shape index (κ1) is 19.4. The molecule has 1 amide bonds. The third-order valence-electron chi connectivity index (χ3n) is 4.59. The van der Waals surface area contributed by atoms with E-state index in [1.165, 1.54) is 12.1 Å². The first-order chi connectivity index (χ1) is 11.7. The van der Waals surface area contributed by atoms with E-state index in [0.29, 0.717) is 30.6 Å². The number of hydrogen-bond donors (Lipinski definition) is 2. The highest BCUT2D eigenvalue weighted by atomic mass is 32.2. The highest BCUT2D eigenvalue weighted by Crippen LogP contribution is 2.26. The number of hydrogen-bond acceptors (Lipinski definition) is 4. The predicted octanol–water partition coefficient (Wildman–Crippen LogP) is 1.48. The van der Waals surface area contributed by atoms with E-state index in [-0.39, 0.29) is 23.3 Å². The van der Waals surface area contributed by atoms with Crippen LogP contribution < -0.4 is 4.72 Å². The minimum atomic E-state index is -3.64. The second kappa shape index (κ2) is 7.53. The molecule has 0 aliphatic carbocycles. The number of nitrogens with zero attached hydrogens (tertiary/aromatic N) is 1. The number of carbonyl (C=O) groups is 2. The van der Waals surface area contributed by atoms with Crippen molar-refractivity contribution >= 4 is 21.9 Å². The van der Waals surface area contributed by atoms with E-state index in [4.69, 9.17) is 0 Å². The standard InChI is InChI=1S/C17H24N2O5S/c1-4-18-25(23,24)13-6-5-11(2)15(9-13)16(20)19-8-7-14(17(21)22)12(3)10-19/h5-6,9,12,14,18H,4,7-8,10H2,1-3H3,(H,21,22). The lowest BCUT2D eigenvalue weighted by atomic mass is 9.86. The van der Waals surface area contributed by atoms with E-state index in [9.17, 15) is 23.1 Å². The lowest BCUT2D eigenvalue weighted by Crippen LogP contribution is -2.45. The number of carboxylic acid groups (broad SMARTS) is 1. The molecular weight excluding hydrogens is 344 g/mol. The van der Waals surface area contributed by atoms with Crippen molar-refractivity contribution in [1.82, 2.24) is 9.62 Å². The fourth-order valence-corrected chi connectivity index (χ4v) is 4.21. The number of carboxylic acids is 1. The summed E-state index contributed by atoms with van der Waals surface area (Å²) in [5.74, 6) is -1.70. The molecule has 2 atom stereocenters. The highest BCUT2D eigenvalue weighted by molar-refractivity contribution is 7.89. The Balaban J connectivity index is 2.27. The average Bonchev–Trinajstić information content (AvgIpc) is 2.54. The number of likely N-dealkylation sites (tertiary alicyclic amines) is 1. The Morgan fingerprint density at radius 1 is 1.36 bits per heavy atom. The van der Waals surface area contributed by atoms with Crippen LogP contribution >= 0.6 is 0 Å². The zero-order valence-corrected chi connectivity index (χ0v) is 15.5. The van der Waals surface area contributed by atoms with Crippen molar-refractivity contribution in [3.8, 4) is 0 Å². The molecule has 2 N–H and O–H groups in total. The predicted molar refractivity (Wildman–Crippen MR) is 92.9 cm³/mol. The second-order valence-electron chi connectivity index (χ2n) is 6.44. The van der Waals surface area contributed by atoms with Crippen LogP contribution in [0.4, 0.5) is 0 Å². The highest BCUT2D eigenvalue weighted by Gasteiger charge is 2.33. The van der Waals surface area contributed by atoms with Crippen LogP contribution in [0, 0.1) is 18.8 Å². The molecule has 25 heavy (non-hydrogen) atoms. The molecule has 138 valence electrons. The maximum atomic E-state index is 12.8. The van der Waals surface area contributed by atoms with Gasteiger partial charge in [0.25, 0.3) is 5.91 Å². The molecule has 2 rings (SSSR count). The summed E-state index contributed by atoms with van der Waals surface area (Å²) in [5, 5.41) is 9.19. The van der Waals surface area contributed by atoms with Crippen molar-refractivity contribution in [1.29, 1.82) is 0 Å². The van der Waals surface area contributed by atoms with Crippen LogP contribution in [0.15, 0.2) is 23.1 Å². The number of sulfonamides is 1. The molecule has 0 bridgehead atoms. The minimum absolute atomic E-state index is 0.0526. The van der Waals surface area contributed by atoms with Gasteiger partial charge in [0.1, 0.15) is 0 Å². The van der Waals surface area contributed by atoms with Crippen LogP contribution in [0.25, 0.3) is 0 Å². The van der Waals surface area contributed by atoms with E-state index in [0.717, 1.165) is 0 Å². The third-order valence-corrected chi connectivity index (χ3v) is 6.14. The molecule has 0 spiro atoms. The van der Waals surface area contributed by atoms with Crippen molar-refractivity contribution in [2.75, 3.05) is 19.6 Å². The van der Waals surface area contributed by atoms with Crippen molar-refractivity contribution in [3.05, 3.63) is 29.3 Å². The number of carbonyl (C=O) groups excluding carboxylic acids is 1. The molecule has 1 aliphatic rings. The zero-order chi connectivity index (χ0) is 18.8. The summed E-state index contributed by atoms with van der Waals surface area (Å²) >= 11 is 0. The van der Waals surface area contributed by atoms with Gasteiger partial charge in [0.05, 0.1) is 10.8 Å². The Hall–Kier alpha value is -1.93. The van der Waals surface area contributed by atoms with Crippen molar-refractivity contribution in [3.63, 3.8) is 0 Å². The van der Waals surface area contributed by atoms with E-state index in [1.54, 1.807) is 24.8 Å². The number of piperidine rings is 1. The van der Waals surface area contributed by atoms with Crippen LogP contribution in [0.3, 0.4) is 0 Å². The largest absolute Gasteiger partial charge is 0.481 e. The van der Waals surface area contributed by atoms with Gasteiger partial charge in [-0.05, 0) is 37.0 Å². The fourth-order valence-electron chi connectivity index (χ4n) is 3.14. The van der Waals surface area contributed by atoms with Gasteiger partial charge >= 0.3 is 5.97 Å². The van der Waals surface area contributed by atoms with Gasteiger partial charge in [-0.15, -0.1) is 0 Å². The lowest BCUT2D eigenvalue weighted by Gasteiger charge is -2.35. The normalized spacial score (nSPS) is 21.2. The summed E-state index contributed by atoms with van der Waals surface area (Å²) in [7, 11) is -3.64. The first-order valence-electron chi connectivity index (χ1n) is 8.29. The number of amides is 1. The molecule has 0 saturated carbocycles. The Kier molecular flexibility index (Phi) is 5.84. The quantitative estimate of drug-likeness (QED) is 0.819. The van der Waals surface area contributed by atoms with Crippen molar-refractivity contribution in [2.45, 2.75) is 32.1 Å². The SMILES string of the molecule is CCNS(=O)(=O)c1ccc(C)c(C(=O)N2CCC(C(=O)O)C(C)C2)c1. The van der Waals surface area contributed by atoms with Gasteiger partial charge in [-0.1, -0.05) is 19.9 Å². The average molecular weight is 368 g/mol. The van der Waals surface area contributed by atoms with Crippen molar-refractivity contribution < 1.29 is 23.1 Å². The number of aryl methyl sites for hydroxylation is 1. The molecule has 1 aliphatic heterocycles. The Labute approximate surface area is 148 Å². The third kappa shape index (κ3) is 4.19. The maximum absolute atomic E-state index is 12.8. The molecule has 7 nitrogen and oxygen atoms in total. The van der Waals surface area contributed by atoms with Crippen molar-refractivity contribution in [2.24, 2.45) is 11.8 Å². The molecular formula is C17H24N2O5S. The molecule has 1 aromatic rings. The summed E-state index contributed by atoms with van der Waals surface area (Å²) in [4.78, 5) is 25.7. The number of benzene rings is 1. The molecule has 1 fully saturated rings. The van der Waals surface area contributed by atoms with E-state index in [1.807, 2.05) is 6.92 Å². The Bertz CT molecular complexity index is 775. The first-order valence-corrected chi connectivity index (χ1v) is 9.78. The molecule has 2 unspecified atom stereocenters. The number of nitrogens with one attached hydrogen (secondary N) is 1. The molecule has 8 heteroatoms. The lowest BCUT2D eigenvalue weighted by molar-refractivity contribution is -0.145. The topological polar surface area (TPSA) is 104 Å². The van der Waals surface area contributed by atoms with Gasteiger partial charge < -0.3 is 10.0 Å². The summed E-state index contributed by atoms with van der Waals surface area (Å²) in [6.07, 6.45) is 0.399. The van der Waals surface area contributed by atoms with Crippen LogP contribution in [0.2, 0.25) is 0 Å². The number of aliphatic carboxylic acids is 1. The number of rotatable bonds is 5. The van der Waals surface area contributed by atoms with Gasteiger partial charge in [-0.3, -0.25) is 9.59 Å².